The van der Waals surface area contributed by atoms with E-state index in [0.29, 0.717) is 5.92 Å². The second-order valence-corrected chi connectivity index (χ2v) is 1.68. The van der Waals surface area contributed by atoms with E-state index in [9.17, 15) is 0 Å². The van der Waals surface area contributed by atoms with Crippen molar-refractivity contribution < 1.29 is 0 Å². The van der Waals surface area contributed by atoms with Crippen LogP contribution in [0.3, 0.4) is 0 Å². The average molecular weight is 96.2 g/mol. The summed E-state index contributed by atoms with van der Waals surface area (Å²) in [5, 5.41) is 0. The van der Waals surface area contributed by atoms with Crippen molar-refractivity contribution in [2.24, 2.45) is 5.92 Å². The zero-order chi connectivity index (χ0) is 5.70. The van der Waals surface area contributed by atoms with Crippen molar-refractivity contribution in [1.82, 2.24) is 0 Å². The van der Waals surface area contributed by atoms with E-state index in [1.165, 1.54) is 0 Å². The molecule has 0 aliphatic rings. The van der Waals surface area contributed by atoms with Crippen LogP contribution < -0.4 is 0 Å². The van der Waals surface area contributed by atoms with Crippen LogP contribution in [0.2, 0.25) is 0 Å². The van der Waals surface area contributed by atoms with Crippen LogP contribution in [0.5, 0.6) is 0 Å². The minimum absolute atomic E-state index is 0.470. The van der Waals surface area contributed by atoms with Gasteiger partial charge in [-0.25, -0.2) is 0 Å². The van der Waals surface area contributed by atoms with Gasteiger partial charge in [0.1, 0.15) is 0 Å². The molecule has 40 valence electrons. The number of hydrogen-bond acceptors (Lipinski definition) is 0. The third-order valence-corrected chi connectivity index (χ3v) is 0.908. The molecule has 2 radical (unpaired) electrons. The maximum absolute atomic E-state index is 3.81. The molecule has 0 saturated heterocycles. The lowest BCUT2D eigenvalue weighted by atomic mass is 10.1. The molecular formula is C7H12. The molecule has 0 spiro atoms. The first-order valence-electron chi connectivity index (χ1n) is 2.54. The van der Waals surface area contributed by atoms with Crippen LogP contribution in [0, 0.1) is 19.8 Å². The number of hydrogen-bond donors (Lipinski definition) is 0. The molecule has 0 heterocycles. The Morgan fingerprint density at radius 2 is 2.14 bits per heavy atom. The molecule has 0 heteroatoms. The lowest BCUT2D eigenvalue weighted by Gasteiger charge is -1.99. The molecule has 1 atom stereocenters. The third kappa shape index (κ3) is 3.57. The van der Waals surface area contributed by atoms with Crippen LogP contribution in [0.4, 0.5) is 0 Å². The van der Waals surface area contributed by atoms with Gasteiger partial charge in [-0.3, -0.25) is 0 Å². The minimum atomic E-state index is 0.470. The Kier molecular flexibility index (Phi) is 3.77. The monoisotopic (exact) mass is 96.1 g/mol. The van der Waals surface area contributed by atoms with Gasteiger partial charge >= 0.3 is 0 Å². The summed E-state index contributed by atoms with van der Waals surface area (Å²) in [4.78, 5) is 0. The molecule has 0 amide bonds. The van der Waals surface area contributed by atoms with E-state index >= 15 is 0 Å². The van der Waals surface area contributed by atoms with E-state index < -0.39 is 0 Å². The van der Waals surface area contributed by atoms with Gasteiger partial charge < -0.3 is 0 Å². The minimum Gasteiger partial charge on any atom is -0.103 e. The maximum Gasteiger partial charge on any atom is -0.0325 e. The Morgan fingerprint density at radius 1 is 1.57 bits per heavy atom. The second-order valence-electron chi connectivity index (χ2n) is 1.68. The van der Waals surface area contributed by atoms with Gasteiger partial charge in [0.25, 0.3) is 0 Å². The van der Waals surface area contributed by atoms with Crippen molar-refractivity contribution in [2.45, 2.75) is 12.8 Å². The fourth-order valence-electron chi connectivity index (χ4n) is 0.354. The molecule has 0 aromatic rings. The predicted molar refractivity (Wildman–Crippen MR) is 33.6 cm³/mol. The van der Waals surface area contributed by atoms with Crippen LogP contribution in [-0.4, -0.2) is 0 Å². The quantitative estimate of drug-likeness (QED) is 0.473. The van der Waals surface area contributed by atoms with E-state index in [1.807, 2.05) is 6.08 Å². The van der Waals surface area contributed by atoms with Gasteiger partial charge in [0.15, 0.2) is 0 Å². The first-order chi connectivity index (χ1) is 3.31. The lowest BCUT2D eigenvalue weighted by Crippen LogP contribution is -1.87. The van der Waals surface area contributed by atoms with E-state index in [-0.39, 0.29) is 0 Å². The first kappa shape index (κ1) is 6.74. The molecule has 0 aliphatic carbocycles. The normalized spacial score (nSPS) is 13.4. The predicted octanol–water partition coefficient (Wildman–Crippen LogP) is 2.24. The Hall–Kier alpha value is -0.260. The zero-order valence-corrected chi connectivity index (χ0v) is 4.69. The fourth-order valence-corrected chi connectivity index (χ4v) is 0.354. The molecule has 7 heavy (non-hydrogen) atoms. The molecular weight excluding hydrogens is 84.1 g/mol. The van der Waals surface area contributed by atoms with Crippen molar-refractivity contribution in [1.29, 1.82) is 0 Å². The largest absolute Gasteiger partial charge is 0.103 e. The molecule has 0 bridgehead atoms. The van der Waals surface area contributed by atoms with Crippen molar-refractivity contribution in [3.05, 3.63) is 26.5 Å². The molecule has 0 fully saturated rings. The van der Waals surface area contributed by atoms with Crippen LogP contribution in [0.25, 0.3) is 0 Å². The summed E-state index contributed by atoms with van der Waals surface area (Å²) in [6.07, 6.45) is 3.78. The zero-order valence-electron chi connectivity index (χ0n) is 4.69. The summed E-state index contributed by atoms with van der Waals surface area (Å²) in [5.74, 6) is 0.470. The van der Waals surface area contributed by atoms with E-state index in [0.717, 1.165) is 12.8 Å². The highest BCUT2D eigenvalue weighted by Gasteiger charge is 1.91. The van der Waals surface area contributed by atoms with Gasteiger partial charge in [0, 0.05) is 0 Å². The van der Waals surface area contributed by atoms with Crippen molar-refractivity contribution in [3.8, 4) is 0 Å². The summed E-state index contributed by atoms with van der Waals surface area (Å²) in [7, 11) is 0. The molecule has 1 unspecified atom stereocenters. The molecule has 0 aromatic carbocycles. The van der Waals surface area contributed by atoms with E-state index in [4.69, 9.17) is 0 Å². The summed E-state index contributed by atoms with van der Waals surface area (Å²) in [5.41, 5.74) is 0. The SMILES string of the molecule is [CH2]CC([CH2])CC=C. The molecule has 0 rings (SSSR count). The smallest absolute Gasteiger partial charge is 0.0325 e. The van der Waals surface area contributed by atoms with E-state index in [2.05, 4.69) is 20.4 Å². The van der Waals surface area contributed by atoms with Gasteiger partial charge in [0.05, 0.1) is 0 Å². The summed E-state index contributed by atoms with van der Waals surface area (Å²) in [6, 6.07) is 0. The molecule has 0 aliphatic heterocycles. The van der Waals surface area contributed by atoms with Crippen LogP contribution in [-0.2, 0) is 0 Å². The second kappa shape index (κ2) is 3.91. The average Bonchev–Trinajstić information content (AvgIpc) is 1.68. The van der Waals surface area contributed by atoms with Gasteiger partial charge in [-0.2, -0.15) is 0 Å². The summed E-state index contributed by atoms with van der Waals surface area (Å²) >= 11 is 0. The number of rotatable bonds is 3. The Bertz CT molecular complexity index is 46.0. The van der Waals surface area contributed by atoms with Crippen LogP contribution in [0.15, 0.2) is 12.7 Å². The van der Waals surface area contributed by atoms with Gasteiger partial charge in [-0.15, -0.1) is 6.58 Å². The Balaban J connectivity index is 2.98. The highest BCUT2D eigenvalue weighted by atomic mass is 14.0. The summed E-state index contributed by atoms with van der Waals surface area (Å²) in [6.45, 7) is 11.1. The standard InChI is InChI=1S/C7H12/c1-4-6-7(3)5-2/h4,7H,1-3,5-6H2. The summed E-state index contributed by atoms with van der Waals surface area (Å²) < 4.78 is 0. The third-order valence-electron chi connectivity index (χ3n) is 0.908. The van der Waals surface area contributed by atoms with Crippen molar-refractivity contribution in [2.75, 3.05) is 0 Å². The van der Waals surface area contributed by atoms with E-state index in [1.54, 1.807) is 0 Å². The fraction of sp³-hybridized carbons (Fsp3) is 0.429. The van der Waals surface area contributed by atoms with Gasteiger partial charge in [-0.1, -0.05) is 19.4 Å². The van der Waals surface area contributed by atoms with Crippen molar-refractivity contribution >= 4 is 0 Å². The maximum atomic E-state index is 3.81. The first-order valence-corrected chi connectivity index (χ1v) is 2.54. The number of allylic oxidation sites excluding steroid dienone is 1. The molecule has 0 N–H and O–H groups in total. The lowest BCUT2D eigenvalue weighted by molar-refractivity contribution is 0.669. The highest BCUT2D eigenvalue weighted by molar-refractivity contribution is 4.74. The van der Waals surface area contributed by atoms with Gasteiger partial charge in [-0.05, 0) is 19.3 Å². The van der Waals surface area contributed by atoms with Crippen LogP contribution in [0.1, 0.15) is 12.8 Å². The van der Waals surface area contributed by atoms with Gasteiger partial charge in [0.2, 0.25) is 0 Å². The molecule has 0 aromatic heterocycles. The Labute approximate surface area is 46.2 Å². The molecule has 0 saturated carbocycles. The topological polar surface area (TPSA) is 0 Å². The van der Waals surface area contributed by atoms with Crippen molar-refractivity contribution in [3.63, 3.8) is 0 Å². The Morgan fingerprint density at radius 3 is 2.29 bits per heavy atom. The van der Waals surface area contributed by atoms with Crippen LogP contribution >= 0.6 is 0 Å². The highest BCUT2D eigenvalue weighted by Crippen LogP contribution is 2.03. The molecule has 0 nitrogen and oxygen atoms in total.